The maximum atomic E-state index is 14.6. The van der Waals surface area contributed by atoms with Gasteiger partial charge in [-0.15, -0.1) is 0 Å². The van der Waals surface area contributed by atoms with Gasteiger partial charge in [0.05, 0.1) is 23.5 Å². The van der Waals surface area contributed by atoms with E-state index in [9.17, 15) is 17.6 Å². The van der Waals surface area contributed by atoms with Crippen LogP contribution < -0.4 is 4.31 Å². The first-order valence-corrected chi connectivity index (χ1v) is 8.46. The molecule has 0 aliphatic heterocycles. The van der Waals surface area contributed by atoms with Crippen molar-refractivity contribution in [1.29, 1.82) is 0 Å². The molecule has 0 fully saturated rings. The number of aryl methyl sites for hydroxylation is 2. The summed E-state index contributed by atoms with van der Waals surface area (Å²) in [6.45, 7) is 5.23. The smallest absolute Gasteiger partial charge is 0.338 e. The summed E-state index contributed by atoms with van der Waals surface area (Å²) >= 11 is 0. The summed E-state index contributed by atoms with van der Waals surface area (Å²) in [5.41, 5.74) is 1.53. The average molecular weight is 351 g/mol. The Balaban J connectivity index is 2.55. The van der Waals surface area contributed by atoms with Crippen molar-refractivity contribution in [2.75, 3.05) is 10.9 Å². The highest BCUT2D eigenvalue weighted by atomic mass is 32.2. The lowest BCUT2D eigenvalue weighted by Crippen LogP contribution is -2.18. The molecule has 0 spiro atoms. The quantitative estimate of drug-likeness (QED) is 0.663. The van der Waals surface area contributed by atoms with Crippen LogP contribution in [0.5, 0.6) is 0 Å². The zero-order chi connectivity index (χ0) is 17.9. The van der Waals surface area contributed by atoms with E-state index in [0.29, 0.717) is 11.3 Å². The van der Waals surface area contributed by atoms with Crippen LogP contribution in [0, 0.1) is 19.7 Å². The van der Waals surface area contributed by atoms with Gasteiger partial charge >= 0.3 is 5.97 Å². The Kier molecular flexibility index (Phi) is 5.56. The normalized spacial score (nSPS) is 10.7. The number of hydrogen-bond donors (Lipinski definition) is 1. The van der Waals surface area contributed by atoms with Gasteiger partial charge in [0.15, 0.2) is 0 Å². The number of halogens is 1. The molecule has 7 heteroatoms. The number of carbonyl (C=O) groups excluding carboxylic acids is 1. The Hall–Kier alpha value is -2.41. The summed E-state index contributed by atoms with van der Waals surface area (Å²) < 4.78 is 43.7. The van der Waals surface area contributed by atoms with Gasteiger partial charge in [-0.1, -0.05) is 17.7 Å². The molecular weight excluding hydrogens is 333 g/mol. The lowest BCUT2D eigenvalue weighted by molar-refractivity contribution is 0.0525. The number of thiol groups is 1. The van der Waals surface area contributed by atoms with Crippen LogP contribution in [0.4, 0.5) is 15.8 Å². The highest BCUT2D eigenvalue weighted by Gasteiger charge is 2.21. The van der Waals surface area contributed by atoms with Crippen molar-refractivity contribution in [2.24, 2.45) is 0 Å². The third-order valence-electron chi connectivity index (χ3n) is 3.42. The van der Waals surface area contributed by atoms with Crippen molar-refractivity contribution in [1.82, 2.24) is 0 Å². The summed E-state index contributed by atoms with van der Waals surface area (Å²) in [5, 5.41) is 0. The van der Waals surface area contributed by atoms with E-state index in [1.165, 1.54) is 6.07 Å². The van der Waals surface area contributed by atoms with E-state index in [4.69, 9.17) is 4.74 Å². The molecule has 0 saturated carbocycles. The monoisotopic (exact) mass is 351 g/mol. The molecule has 0 saturated heterocycles. The number of benzene rings is 2. The Morgan fingerprint density at radius 3 is 2.29 bits per heavy atom. The van der Waals surface area contributed by atoms with Crippen LogP contribution in [0.3, 0.4) is 0 Å². The molecule has 0 atom stereocenters. The number of esters is 1. The predicted molar refractivity (Wildman–Crippen MR) is 90.7 cm³/mol. The fraction of sp³-hybridized carbons (Fsp3) is 0.235. The Morgan fingerprint density at radius 1 is 1.17 bits per heavy atom. The largest absolute Gasteiger partial charge is 0.462 e. The van der Waals surface area contributed by atoms with Crippen LogP contribution in [0.1, 0.15) is 28.4 Å². The molecule has 0 radical (unpaired) electrons. The molecule has 0 unspecified atom stereocenters. The Morgan fingerprint density at radius 2 is 1.79 bits per heavy atom. The van der Waals surface area contributed by atoms with E-state index < -0.39 is 22.7 Å². The molecule has 0 aliphatic carbocycles. The van der Waals surface area contributed by atoms with E-state index in [0.717, 1.165) is 15.9 Å². The Labute approximate surface area is 141 Å². The van der Waals surface area contributed by atoms with Crippen molar-refractivity contribution >= 4 is 28.2 Å². The summed E-state index contributed by atoms with van der Waals surface area (Å²) in [4.78, 5) is 11.7. The van der Waals surface area contributed by atoms with Gasteiger partial charge in [0.25, 0.3) is 0 Å². The van der Waals surface area contributed by atoms with Gasteiger partial charge < -0.3 is 4.74 Å². The van der Waals surface area contributed by atoms with Gasteiger partial charge in [0.2, 0.25) is 10.9 Å². The number of carbonyl (C=O) groups is 1. The number of nitrogens with zero attached hydrogens (tertiary/aromatic N) is 1. The summed E-state index contributed by atoms with van der Waals surface area (Å²) in [5.74, 6) is -1.46. The number of rotatable bonds is 5. The van der Waals surface area contributed by atoms with E-state index in [1.54, 1.807) is 38.1 Å². The molecule has 0 aliphatic rings. The SMILES string of the molecule is CCOC(=O)c1cc(C)c(N(c2ccc(C)cc2)[SH](=O)=O)c(F)c1. The number of ether oxygens (including phenoxy) is 1. The van der Waals surface area contributed by atoms with Crippen molar-refractivity contribution < 1.29 is 22.3 Å². The van der Waals surface area contributed by atoms with E-state index in [1.807, 2.05) is 6.92 Å². The van der Waals surface area contributed by atoms with Gasteiger partial charge in [-0.2, -0.15) is 0 Å². The highest BCUT2D eigenvalue weighted by molar-refractivity contribution is 7.74. The first kappa shape index (κ1) is 17.9. The third-order valence-corrected chi connectivity index (χ3v) is 4.18. The molecule has 0 N–H and O–H groups in total. The zero-order valence-electron chi connectivity index (χ0n) is 13.6. The minimum Gasteiger partial charge on any atom is -0.462 e. The van der Waals surface area contributed by atoms with Crippen LogP contribution in [0.15, 0.2) is 36.4 Å². The maximum Gasteiger partial charge on any atom is 0.338 e. The van der Waals surface area contributed by atoms with E-state index in [-0.39, 0.29) is 17.9 Å². The maximum absolute atomic E-state index is 14.6. The lowest BCUT2D eigenvalue weighted by Gasteiger charge is -2.21. The molecule has 0 amide bonds. The first-order valence-electron chi connectivity index (χ1n) is 7.33. The minimum atomic E-state index is -3.11. The van der Waals surface area contributed by atoms with Crippen molar-refractivity contribution in [3.63, 3.8) is 0 Å². The highest BCUT2D eigenvalue weighted by Crippen LogP contribution is 2.32. The molecular formula is C17H18FNO4S. The zero-order valence-corrected chi connectivity index (χ0v) is 14.5. The topological polar surface area (TPSA) is 63.7 Å². The molecule has 0 aromatic heterocycles. The summed E-state index contributed by atoms with van der Waals surface area (Å²) in [7, 11) is -3.11. The van der Waals surface area contributed by atoms with Gasteiger partial charge in [0, 0.05) is 0 Å². The van der Waals surface area contributed by atoms with Gasteiger partial charge in [0.1, 0.15) is 5.82 Å². The molecule has 2 aromatic rings. The second-order valence-corrected chi connectivity index (χ2v) is 6.10. The fourth-order valence-corrected chi connectivity index (χ4v) is 3.07. The summed E-state index contributed by atoms with van der Waals surface area (Å²) in [6.07, 6.45) is 0. The minimum absolute atomic E-state index is 0.0422. The van der Waals surface area contributed by atoms with Crippen LogP contribution >= 0.6 is 0 Å². The number of anilines is 2. The molecule has 0 bridgehead atoms. The van der Waals surface area contributed by atoms with Crippen molar-refractivity contribution in [3.05, 3.63) is 58.9 Å². The van der Waals surface area contributed by atoms with Gasteiger partial charge in [-0.25, -0.2) is 21.9 Å². The second kappa shape index (κ2) is 7.44. The van der Waals surface area contributed by atoms with Crippen molar-refractivity contribution in [3.8, 4) is 0 Å². The first-order chi connectivity index (χ1) is 11.3. The van der Waals surface area contributed by atoms with Gasteiger partial charge in [-0.05, 0) is 50.6 Å². The molecule has 5 nitrogen and oxygen atoms in total. The number of hydrogen-bond acceptors (Lipinski definition) is 4. The van der Waals surface area contributed by atoms with E-state index >= 15 is 0 Å². The lowest BCUT2D eigenvalue weighted by atomic mass is 10.1. The molecule has 24 heavy (non-hydrogen) atoms. The fourth-order valence-electron chi connectivity index (χ4n) is 2.33. The standard InChI is InChI=1S/C17H18FNO4S/c1-4-23-17(20)13-9-12(3)16(15(18)10-13)19(24(21)22)14-7-5-11(2)6-8-14/h5-10,24H,4H2,1-3H3. The van der Waals surface area contributed by atoms with Crippen LogP contribution in [-0.4, -0.2) is 21.0 Å². The van der Waals surface area contributed by atoms with Gasteiger partial charge in [-0.3, -0.25) is 0 Å². The van der Waals surface area contributed by atoms with Crippen LogP contribution in [0.2, 0.25) is 0 Å². The second-order valence-electron chi connectivity index (χ2n) is 5.23. The summed E-state index contributed by atoms with van der Waals surface area (Å²) in [6, 6.07) is 9.07. The predicted octanol–water partition coefficient (Wildman–Crippen LogP) is 3.28. The average Bonchev–Trinajstić information content (AvgIpc) is 2.51. The van der Waals surface area contributed by atoms with Crippen LogP contribution in [0.25, 0.3) is 0 Å². The van der Waals surface area contributed by atoms with Crippen molar-refractivity contribution in [2.45, 2.75) is 20.8 Å². The van der Waals surface area contributed by atoms with E-state index in [2.05, 4.69) is 0 Å². The third kappa shape index (κ3) is 3.73. The van der Waals surface area contributed by atoms with Crippen LogP contribution in [-0.2, 0) is 15.6 Å². The molecule has 128 valence electrons. The Bertz CT molecular complexity index is 800. The molecule has 0 heterocycles. The molecule has 2 rings (SSSR count). The molecule has 2 aromatic carbocycles.